The Morgan fingerprint density at radius 1 is 0.875 bits per heavy atom. The molecule has 1 N–H and O–H groups in total. The van der Waals surface area contributed by atoms with Gasteiger partial charge in [-0.1, -0.05) is 66.7 Å². The fourth-order valence-corrected chi connectivity index (χ4v) is 5.43. The summed E-state index contributed by atoms with van der Waals surface area (Å²) in [6, 6.07) is 24.2. The maximum absolute atomic E-state index is 14.0. The van der Waals surface area contributed by atoms with E-state index in [2.05, 4.69) is 0 Å². The Morgan fingerprint density at radius 3 is 1.92 bits per heavy atom. The third-order valence-electron chi connectivity index (χ3n) is 4.00. The summed E-state index contributed by atoms with van der Waals surface area (Å²) in [6.45, 7) is 0. The van der Waals surface area contributed by atoms with Crippen molar-refractivity contribution in [2.45, 2.75) is 6.16 Å². The highest BCUT2D eigenvalue weighted by atomic mass is 31.2. The smallest absolute Gasteiger partial charge is 0.160 e. The Bertz CT molecular complexity index is 817. The molecule has 0 atom stereocenters. The molecule has 0 bridgehead atoms. The van der Waals surface area contributed by atoms with E-state index in [1.807, 2.05) is 60.7 Å². The minimum atomic E-state index is -2.83. The van der Waals surface area contributed by atoms with Gasteiger partial charge in [-0.25, -0.2) is 0 Å². The van der Waals surface area contributed by atoms with Crippen LogP contribution in [0.3, 0.4) is 0 Å². The molecule has 0 heterocycles. The van der Waals surface area contributed by atoms with Crippen molar-refractivity contribution >= 4 is 17.8 Å². The van der Waals surface area contributed by atoms with Gasteiger partial charge in [0.2, 0.25) is 0 Å². The van der Waals surface area contributed by atoms with E-state index in [0.29, 0.717) is 11.9 Å². The van der Waals surface area contributed by atoms with E-state index in [-0.39, 0.29) is 5.75 Å². The monoisotopic (exact) mass is 338 g/mol. The predicted octanol–water partition coefficient (Wildman–Crippen LogP) is 3.91. The van der Waals surface area contributed by atoms with E-state index < -0.39 is 7.14 Å². The van der Waals surface area contributed by atoms with Gasteiger partial charge in [0.05, 0.1) is 7.11 Å². The average molecular weight is 338 g/mol. The molecule has 0 radical (unpaired) electrons. The van der Waals surface area contributed by atoms with Crippen molar-refractivity contribution in [2.24, 2.45) is 0 Å². The zero-order valence-electron chi connectivity index (χ0n) is 13.4. The molecular weight excluding hydrogens is 319 g/mol. The summed E-state index contributed by atoms with van der Waals surface area (Å²) in [5, 5.41) is 11.4. The second-order valence-corrected chi connectivity index (χ2v) is 8.40. The van der Waals surface area contributed by atoms with Gasteiger partial charge in [0.1, 0.15) is 7.14 Å². The third-order valence-corrected chi connectivity index (χ3v) is 7.07. The SMILES string of the molecule is COc1cc(CP(=O)(c2ccccc2)c2ccccc2)ccc1O. The second kappa shape index (κ2) is 6.94. The molecule has 4 heteroatoms. The van der Waals surface area contributed by atoms with Crippen LogP contribution in [0.5, 0.6) is 11.5 Å². The molecule has 3 rings (SSSR count). The van der Waals surface area contributed by atoms with Crippen molar-refractivity contribution < 1.29 is 14.4 Å². The molecule has 0 saturated carbocycles. The number of rotatable bonds is 5. The molecule has 3 aromatic carbocycles. The lowest BCUT2D eigenvalue weighted by Gasteiger charge is -2.20. The van der Waals surface area contributed by atoms with Crippen LogP contribution in [0.1, 0.15) is 5.56 Å². The summed E-state index contributed by atoms with van der Waals surface area (Å²) in [5.41, 5.74) is 0.862. The van der Waals surface area contributed by atoms with Crippen LogP contribution in [0.15, 0.2) is 78.9 Å². The molecule has 0 unspecified atom stereocenters. The summed E-state index contributed by atoms with van der Waals surface area (Å²) in [7, 11) is -1.32. The van der Waals surface area contributed by atoms with Gasteiger partial charge in [-0.2, -0.15) is 0 Å². The van der Waals surface area contributed by atoms with Crippen molar-refractivity contribution in [2.75, 3.05) is 7.11 Å². The Balaban J connectivity index is 2.08. The molecule has 24 heavy (non-hydrogen) atoms. The molecule has 0 fully saturated rings. The molecule has 0 aromatic heterocycles. The molecule has 3 aromatic rings. The average Bonchev–Trinajstić information content (AvgIpc) is 2.64. The quantitative estimate of drug-likeness (QED) is 0.718. The van der Waals surface area contributed by atoms with Crippen molar-refractivity contribution in [1.29, 1.82) is 0 Å². The molecule has 0 spiro atoms. The third kappa shape index (κ3) is 3.22. The summed E-state index contributed by atoms with van der Waals surface area (Å²) in [6.07, 6.45) is 0.373. The zero-order valence-corrected chi connectivity index (χ0v) is 14.3. The van der Waals surface area contributed by atoms with Crippen LogP contribution < -0.4 is 15.3 Å². The van der Waals surface area contributed by atoms with Crippen LogP contribution in [0, 0.1) is 0 Å². The summed E-state index contributed by atoms with van der Waals surface area (Å²) in [5.74, 6) is 0.468. The number of phenols is 1. The summed E-state index contributed by atoms with van der Waals surface area (Å²) in [4.78, 5) is 0. The van der Waals surface area contributed by atoms with E-state index >= 15 is 0 Å². The fraction of sp³-hybridized carbons (Fsp3) is 0.100. The molecule has 0 amide bonds. The van der Waals surface area contributed by atoms with E-state index in [9.17, 15) is 9.67 Å². The number of ether oxygens (including phenoxy) is 1. The van der Waals surface area contributed by atoms with Gasteiger partial charge in [-0.05, 0) is 17.7 Å². The van der Waals surface area contributed by atoms with Crippen molar-refractivity contribution in [3.05, 3.63) is 84.4 Å². The first-order valence-electron chi connectivity index (χ1n) is 7.69. The number of benzene rings is 3. The van der Waals surface area contributed by atoms with Crippen molar-refractivity contribution in [3.63, 3.8) is 0 Å². The van der Waals surface area contributed by atoms with E-state index in [1.54, 1.807) is 18.2 Å². The molecule has 0 saturated heterocycles. The standard InChI is InChI=1S/C20H19O3P/c1-23-20-14-16(12-13-19(20)21)15-24(22,17-8-4-2-5-9-17)18-10-6-3-7-11-18/h2-14,21H,15H2,1H3. The maximum Gasteiger partial charge on any atom is 0.160 e. The molecule has 122 valence electrons. The van der Waals surface area contributed by atoms with Crippen LogP contribution >= 0.6 is 7.14 Å². The molecular formula is C20H19O3P. The Labute approximate surface area is 141 Å². The second-order valence-electron chi connectivity index (χ2n) is 5.58. The van der Waals surface area contributed by atoms with Crippen LogP contribution in [-0.4, -0.2) is 12.2 Å². The minimum absolute atomic E-state index is 0.0792. The van der Waals surface area contributed by atoms with Gasteiger partial charge >= 0.3 is 0 Å². The topological polar surface area (TPSA) is 46.5 Å². The highest BCUT2D eigenvalue weighted by Crippen LogP contribution is 2.47. The van der Waals surface area contributed by atoms with E-state index in [1.165, 1.54) is 7.11 Å². The molecule has 0 aliphatic carbocycles. The van der Waals surface area contributed by atoms with Gasteiger partial charge in [-0.3, -0.25) is 0 Å². The Hall–Kier alpha value is -2.51. The first kappa shape index (κ1) is 16.4. The number of hydrogen-bond donors (Lipinski definition) is 1. The van der Waals surface area contributed by atoms with Gasteiger partial charge < -0.3 is 14.4 Å². The normalized spacial score (nSPS) is 11.2. The lowest BCUT2D eigenvalue weighted by Crippen LogP contribution is -2.17. The zero-order chi connectivity index (χ0) is 17.0. The summed E-state index contributed by atoms with van der Waals surface area (Å²) < 4.78 is 19.1. The van der Waals surface area contributed by atoms with Crippen LogP contribution in [0.2, 0.25) is 0 Å². The van der Waals surface area contributed by atoms with Gasteiger partial charge in [0.25, 0.3) is 0 Å². The first-order valence-corrected chi connectivity index (χ1v) is 9.59. The van der Waals surface area contributed by atoms with Gasteiger partial charge in [-0.15, -0.1) is 0 Å². The first-order chi connectivity index (χ1) is 11.6. The minimum Gasteiger partial charge on any atom is -0.504 e. The molecule has 3 nitrogen and oxygen atoms in total. The molecule has 0 aliphatic heterocycles. The maximum atomic E-state index is 14.0. The van der Waals surface area contributed by atoms with Crippen molar-refractivity contribution in [3.8, 4) is 11.5 Å². The van der Waals surface area contributed by atoms with Crippen LogP contribution in [0.4, 0.5) is 0 Å². The van der Waals surface area contributed by atoms with Gasteiger partial charge in [0.15, 0.2) is 11.5 Å². The van der Waals surface area contributed by atoms with Crippen molar-refractivity contribution in [1.82, 2.24) is 0 Å². The number of phenolic OH excluding ortho intramolecular Hbond substituents is 1. The Morgan fingerprint density at radius 2 is 1.42 bits per heavy atom. The number of hydrogen-bond acceptors (Lipinski definition) is 3. The Kier molecular flexibility index (Phi) is 4.73. The lowest BCUT2D eigenvalue weighted by molar-refractivity contribution is 0.373. The fourth-order valence-electron chi connectivity index (χ4n) is 2.75. The van der Waals surface area contributed by atoms with E-state index in [0.717, 1.165) is 16.2 Å². The van der Waals surface area contributed by atoms with Gasteiger partial charge in [0, 0.05) is 16.8 Å². The summed E-state index contributed by atoms with van der Waals surface area (Å²) >= 11 is 0. The lowest BCUT2D eigenvalue weighted by atomic mass is 10.2. The van der Waals surface area contributed by atoms with E-state index in [4.69, 9.17) is 4.74 Å². The van der Waals surface area contributed by atoms with Crippen LogP contribution in [0.25, 0.3) is 0 Å². The predicted molar refractivity (Wildman–Crippen MR) is 98.1 cm³/mol. The largest absolute Gasteiger partial charge is 0.504 e. The molecule has 0 aliphatic rings. The van der Waals surface area contributed by atoms with Crippen LogP contribution in [-0.2, 0) is 10.7 Å². The number of methoxy groups -OCH3 is 1. The highest BCUT2D eigenvalue weighted by molar-refractivity contribution is 7.78. The number of aromatic hydroxyl groups is 1. The highest BCUT2D eigenvalue weighted by Gasteiger charge is 2.27.